The first kappa shape index (κ1) is 12.8. The summed E-state index contributed by atoms with van der Waals surface area (Å²) in [5.74, 6) is 0. The quantitative estimate of drug-likeness (QED) is 0.802. The average molecular weight is 275 g/mol. The Morgan fingerprint density at radius 1 is 0.810 bits per heavy atom. The summed E-state index contributed by atoms with van der Waals surface area (Å²) in [5, 5.41) is 3.92. The Morgan fingerprint density at radius 2 is 1.48 bits per heavy atom. The van der Waals surface area contributed by atoms with Gasteiger partial charge in [0.15, 0.2) is 0 Å². The van der Waals surface area contributed by atoms with E-state index in [0.29, 0.717) is 12.1 Å². The molecule has 2 aromatic carbocycles. The van der Waals surface area contributed by atoms with Gasteiger partial charge in [-0.25, -0.2) is 0 Å². The van der Waals surface area contributed by atoms with Crippen molar-refractivity contribution >= 4 is 0 Å². The molecule has 1 N–H and O–H groups in total. The molecule has 1 unspecified atom stereocenters. The van der Waals surface area contributed by atoms with E-state index in [1.54, 1.807) is 0 Å². The zero-order valence-electron chi connectivity index (χ0n) is 12.3. The van der Waals surface area contributed by atoms with E-state index in [0.717, 1.165) is 12.8 Å². The Kier molecular flexibility index (Phi) is 3.36. The van der Waals surface area contributed by atoms with E-state index in [4.69, 9.17) is 0 Å². The second kappa shape index (κ2) is 5.50. The van der Waals surface area contributed by atoms with Crippen LogP contribution >= 0.6 is 0 Å². The van der Waals surface area contributed by atoms with Crippen LogP contribution in [-0.2, 0) is 6.42 Å². The molecule has 0 spiro atoms. The molecule has 1 atom stereocenters. The maximum absolute atomic E-state index is 3.92. The van der Waals surface area contributed by atoms with E-state index < -0.39 is 0 Å². The minimum absolute atomic E-state index is 0.350. The van der Waals surface area contributed by atoms with Crippen LogP contribution in [0.1, 0.15) is 47.6 Å². The van der Waals surface area contributed by atoms with E-state index in [2.05, 4.69) is 66.0 Å². The molecule has 0 amide bonds. The second-order valence-corrected chi connectivity index (χ2v) is 6.16. The highest BCUT2D eigenvalue weighted by molar-refractivity contribution is 5.48. The zero-order chi connectivity index (χ0) is 14.1. The summed E-state index contributed by atoms with van der Waals surface area (Å²) in [6.07, 6.45) is 9.30. The van der Waals surface area contributed by atoms with Crippen molar-refractivity contribution in [1.29, 1.82) is 0 Å². The molecule has 0 radical (unpaired) electrons. The maximum atomic E-state index is 3.92. The van der Waals surface area contributed by atoms with Crippen LogP contribution in [0, 0.1) is 0 Å². The molecule has 2 aromatic rings. The Bertz CT molecular complexity index is 626. The van der Waals surface area contributed by atoms with Gasteiger partial charge in [-0.3, -0.25) is 0 Å². The highest BCUT2D eigenvalue weighted by Crippen LogP contribution is 2.35. The SMILES string of the molecule is C1=CCC(NC2c3ccccc3Cc3ccccc32)CC1. The molecular weight excluding hydrogens is 254 g/mol. The topological polar surface area (TPSA) is 12.0 Å². The largest absolute Gasteiger partial charge is 0.303 e. The van der Waals surface area contributed by atoms with Crippen LogP contribution in [0.2, 0.25) is 0 Å². The highest BCUT2D eigenvalue weighted by atomic mass is 15.0. The lowest BCUT2D eigenvalue weighted by Crippen LogP contribution is -2.36. The second-order valence-electron chi connectivity index (χ2n) is 6.16. The third-order valence-corrected chi connectivity index (χ3v) is 4.78. The van der Waals surface area contributed by atoms with Crippen LogP contribution in [0.15, 0.2) is 60.7 Å². The van der Waals surface area contributed by atoms with Crippen molar-refractivity contribution in [2.45, 2.75) is 37.8 Å². The Morgan fingerprint density at radius 3 is 2.10 bits per heavy atom. The molecule has 1 nitrogen and oxygen atoms in total. The van der Waals surface area contributed by atoms with Crippen molar-refractivity contribution in [2.75, 3.05) is 0 Å². The maximum Gasteiger partial charge on any atom is 0.0584 e. The molecule has 106 valence electrons. The molecular formula is C20H21N. The third-order valence-electron chi connectivity index (χ3n) is 4.78. The standard InChI is InChI=1S/C20H21N/c1-2-10-17(11-3-1)21-20-18-12-6-4-8-15(18)14-16-9-5-7-13-19(16)20/h1-2,4-9,12-13,17,20-21H,3,10-11,14H2. The Balaban J connectivity index is 1.72. The lowest BCUT2D eigenvalue weighted by atomic mass is 9.81. The van der Waals surface area contributed by atoms with E-state index in [9.17, 15) is 0 Å². The van der Waals surface area contributed by atoms with Gasteiger partial charge in [0.2, 0.25) is 0 Å². The molecule has 0 aromatic heterocycles. The van der Waals surface area contributed by atoms with E-state index in [1.165, 1.54) is 35.1 Å². The first-order valence-corrected chi connectivity index (χ1v) is 7.98. The summed E-state index contributed by atoms with van der Waals surface area (Å²) < 4.78 is 0. The lowest BCUT2D eigenvalue weighted by Gasteiger charge is -2.33. The first-order chi connectivity index (χ1) is 10.4. The number of hydrogen-bond donors (Lipinski definition) is 1. The van der Waals surface area contributed by atoms with Crippen LogP contribution in [0.5, 0.6) is 0 Å². The first-order valence-electron chi connectivity index (χ1n) is 7.98. The molecule has 1 heteroatoms. The van der Waals surface area contributed by atoms with Gasteiger partial charge in [-0.05, 0) is 47.9 Å². The predicted molar refractivity (Wildman–Crippen MR) is 87.4 cm³/mol. The fraction of sp³-hybridized carbons (Fsp3) is 0.300. The summed E-state index contributed by atoms with van der Waals surface area (Å²) in [7, 11) is 0. The molecule has 2 aliphatic rings. The van der Waals surface area contributed by atoms with E-state index in [-0.39, 0.29) is 0 Å². The minimum atomic E-state index is 0.350. The van der Waals surface area contributed by atoms with Crippen LogP contribution in [0.25, 0.3) is 0 Å². The van der Waals surface area contributed by atoms with Gasteiger partial charge in [0, 0.05) is 6.04 Å². The van der Waals surface area contributed by atoms with Gasteiger partial charge in [-0.15, -0.1) is 0 Å². The highest BCUT2D eigenvalue weighted by Gasteiger charge is 2.26. The van der Waals surface area contributed by atoms with Gasteiger partial charge in [-0.2, -0.15) is 0 Å². The van der Waals surface area contributed by atoms with Crippen molar-refractivity contribution in [3.8, 4) is 0 Å². The Hall–Kier alpha value is -1.86. The van der Waals surface area contributed by atoms with Gasteiger partial charge < -0.3 is 5.32 Å². The number of allylic oxidation sites excluding steroid dienone is 1. The number of hydrogen-bond acceptors (Lipinski definition) is 1. The molecule has 0 heterocycles. The smallest absolute Gasteiger partial charge is 0.0584 e. The summed E-state index contributed by atoms with van der Waals surface area (Å²) in [6, 6.07) is 18.7. The van der Waals surface area contributed by atoms with Crippen molar-refractivity contribution in [1.82, 2.24) is 5.32 Å². The third kappa shape index (κ3) is 2.43. The van der Waals surface area contributed by atoms with Crippen molar-refractivity contribution in [3.63, 3.8) is 0 Å². The van der Waals surface area contributed by atoms with Gasteiger partial charge in [0.25, 0.3) is 0 Å². The Labute approximate surface area is 126 Å². The summed E-state index contributed by atoms with van der Waals surface area (Å²) in [6.45, 7) is 0. The lowest BCUT2D eigenvalue weighted by molar-refractivity contribution is 0.435. The molecule has 0 aliphatic heterocycles. The van der Waals surface area contributed by atoms with Crippen LogP contribution < -0.4 is 5.32 Å². The number of fused-ring (bicyclic) bond motifs is 2. The average Bonchev–Trinajstić information content (AvgIpc) is 2.55. The van der Waals surface area contributed by atoms with E-state index in [1.807, 2.05) is 0 Å². The van der Waals surface area contributed by atoms with Crippen LogP contribution in [0.4, 0.5) is 0 Å². The van der Waals surface area contributed by atoms with Crippen LogP contribution in [0.3, 0.4) is 0 Å². The predicted octanol–water partition coefficient (Wildman–Crippen LogP) is 4.38. The molecule has 0 bridgehead atoms. The monoisotopic (exact) mass is 275 g/mol. The van der Waals surface area contributed by atoms with Gasteiger partial charge in [0.05, 0.1) is 6.04 Å². The summed E-state index contributed by atoms with van der Waals surface area (Å²) in [4.78, 5) is 0. The van der Waals surface area contributed by atoms with Crippen molar-refractivity contribution in [2.24, 2.45) is 0 Å². The summed E-state index contributed by atoms with van der Waals surface area (Å²) >= 11 is 0. The van der Waals surface area contributed by atoms with E-state index >= 15 is 0 Å². The molecule has 0 saturated heterocycles. The molecule has 0 saturated carbocycles. The fourth-order valence-electron chi connectivity index (χ4n) is 3.69. The normalized spacial score (nSPS) is 20.9. The van der Waals surface area contributed by atoms with Gasteiger partial charge in [0.1, 0.15) is 0 Å². The fourth-order valence-corrected chi connectivity index (χ4v) is 3.69. The van der Waals surface area contributed by atoms with Crippen molar-refractivity contribution < 1.29 is 0 Å². The zero-order valence-corrected chi connectivity index (χ0v) is 12.3. The number of benzene rings is 2. The number of nitrogens with one attached hydrogen (secondary N) is 1. The summed E-state index contributed by atoms with van der Waals surface area (Å²) in [5.41, 5.74) is 5.87. The van der Waals surface area contributed by atoms with Crippen molar-refractivity contribution in [3.05, 3.63) is 82.9 Å². The molecule has 4 rings (SSSR count). The number of rotatable bonds is 2. The van der Waals surface area contributed by atoms with Gasteiger partial charge >= 0.3 is 0 Å². The molecule has 2 aliphatic carbocycles. The van der Waals surface area contributed by atoms with Crippen LogP contribution in [-0.4, -0.2) is 6.04 Å². The van der Waals surface area contributed by atoms with Gasteiger partial charge in [-0.1, -0.05) is 60.7 Å². The minimum Gasteiger partial charge on any atom is -0.303 e. The molecule has 21 heavy (non-hydrogen) atoms. The molecule has 0 fully saturated rings.